The van der Waals surface area contributed by atoms with Crippen LogP contribution in [-0.4, -0.2) is 54.1 Å². The molecule has 0 saturated carbocycles. The van der Waals surface area contributed by atoms with Crippen LogP contribution in [0.1, 0.15) is 6.42 Å². The predicted molar refractivity (Wildman–Crippen MR) is 95.6 cm³/mol. The van der Waals surface area contributed by atoms with Gasteiger partial charge in [-0.3, -0.25) is 0 Å². The molecule has 0 N–H and O–H groups in total. The summed E-state index contributed by atoms with van der Waals surface area (Å²) in [6.45, 7) is 4.21. The zero-order valence-electron chi connectivity index (χ0n) is 14.7. The summed E-state index contributed by atoms with van der Waals surface area (Å²) < 4.78 is 75.0. The van der Waals surface area contributed by atoms with Crippen LogP contribution in [0.2, 0.25) is 0 Å². The third-order valence-electron chi connectivity index (χ3n) is 4.45. The Labute approximate surface area is 165 Å². The number of fused-ring (bicyclic) bond motifs is 1. The van der Waals surface area contributed by atoms with E-state index in [1.165, 1.54) is 15.9 Å². The Morgan fingerprint density at radius 2 is 1.90 bits per heavy atom. The fourth-order valence-corrected chi connectivity index (χ4v) is 3.87. The first-order chi connectivity index (χ1) is 13.6. The van der Waals surface area contributed by atoms with Gasteiger partial charge in [0.15, 0.2) is 16.7 Å². The maximum Gasteiger partial charge on any atom is 0.507 e. The number of carbonyl (C=O) groups excluding carboxylic acids is 1. The normalized spacial score (nSPS) is 26.3. The van der Waals surface area contributed by atoms with Crippen LogP contribution in [-0.2, 0) is 0 Å². The molecule has 0 radical (unpaired) electrons. The van der Waals surface area contributed by atoms with Crippen molar-refractivity contribution in [2.75, 3.05) is 24.5 Å². The molecule has 0 unspecified atom stereocenters. The number of hydrogen-bond acceptors (Lipinski definition) is 4. The number of amidine groups is 1. The zero-order chi connectivity index (χ0) is 21.0. The molecule has 0 aliphatic carbocycles. The van der Waals surface area contributed by atoms with Crippen molar-refractivity contribution in [1.82, 2.24) is 4.90 Å². The van der Waals surface area contributed by atoms with Crippen LogP contribution in [0.4, 0.5) is 32.4 Å². The first-order valence-electron chi connectivity index (χ1n) is 8.48. The van der Waals surface area contributed by atoms with Gasteiger partial charge in [-0.15, -0.1) is 0 Å². The van der Waals surface area contributed by atoms with Crippen molar-refractivity contribution in [2.24, 2.45) is 4.99 Å². The van der Waals surface area contributed by atoms with Gasteiger partial charge in [-0.1, -0.05) is 18.3 Å². The summed E-state index contributed by atoms with van der Waals surface area (Å²) in [5.41, 5.74) is 0.260. The van der Waals surface area contributed by atoms with Gasteiger partial charge >= 0.3 is 18.2 Å². The summed E-state index contributed by atoms with van der Waals surface area (Å²) in [5.74, 6) is -1.12. The van der Waals surface area contributed by atoms with E-state index in [9.17, 15) is 26.7 Å². The van der Waals surface area contributed by atoms with Crippen LogP contribution < -0.4 is 14.4 Å². The Morgan fingerprint density at radius 3 is 2.55 bits per heavy atom. The number of anilines is 1. The van der Waals surface area contributed by atoms with Crippen LogP contribution in [0.15, 0.2) is 34.7 Å². The number of thioether (sulfide) groups is 1. The van der Waals surface area contributed by atoms with E-state index in [0.717, 1.165) is 23.9 Å². The van der Waals surface area contributed by atoms with Crippen molar-refractivity contribution in [3.8, 4) is 11.5 Å². The van der Waals surface area contributed by atoms with Gasteiger partial charge in [0.2, 0.25) is 0 Å². The third-order valence-corrected chi connectivity index (χ3v) is 5.36. The number of alkyl halides is 5. The smallest absolute Gasteiger partial charge is 0.421 e. The Balaban J connectivity index is 1.61. The van der Waals surface area contributed by atoms with Gasteiger partial charge in [-0.05, 0) is 18.6 Å². The highest BCUT2D eigenvalue weighted by Crippen LogP contribution is 2.48. The van der Waals surface area contributed by atoms with Crippen molar-refractivity contribution >= 4 is 28.6 Å². The molecule has 6 nitrogen and oxygen atoms in total. The number of likely N-dealkylation sites (tertiary alicyclic amines) is 1. The van der Waals surface area contributed by atoms with Crippen LogP contribution in [0.3, 0.4) is 0 Å². The Bertz CT molecular complexity index is 910. The van der Waals surface area contributed by atoms with Gasteiger partial charge in [-0.2, -0.15) is 22.6 Å². The summed E-state index contributed by atoms with van der Waals surface area (Å²) >= 11 is 1.09. The highest BCUT2D eigenvalue weighted by molar-refractivity contribution is 8.18. The van der Waals surface area contributed by atoms with Crippen LogP contribution in [0.25, 0.3) is 0 Å². The molecule has 2 saturated heterocycles. The van der Waals surface area contributed by atoms with Crippen molar-refractivity contribution in [3.05, 3.63) is 29.7 Å². The molecule has 3 heterocycles. The first-order valence-corrected chi connectivity index (χ1v) is 9.30. The molecule has 0 aromatic heterocycles. The number of amides is 2. The molecule has 12 heteroatoms. The summed E-state index contributed by atoms with van der Waals surface area (Å²) in [6, 6.07) is 2.86. The Hall–Kier alpha value is -2.50. The van der Waals surface area contributed by atoms with Gasteiger partial charge in [0.05, 0.1) is 13.1 Å². The Morgan fingerprint density at radius 1 is 1.21 bits per heavy atom. The van der Waals surface area contributed by atoms with Gasteiger partial charge < -0.3 is 19.3 Å². The fraction of sp³-hybridized carbons (Fsp3) is 0.412. The van der Waals surface area contributed by atoms with Crippen LogP contribution >= 0.6 is 11.8 Å². The molecule has 1 aromatic rings. The van der Waals surface area contributed by atoms with E-state index < -0.39 is 35.9 Å². The van der Waals surface area contributed by atoms with E-state index in [2.05, 4.69) is 21.0 Å². The number of rotatable bonds is 1. The second kappa shape index (κ2) is 6.78. The summed E-state index contributed by atoms with van der Waals surface area (Å²) in [7, 11) is 0. The second-order valence-electron chi connectivity index (χ2n) is 6.60. The van der Waals surface area contributed by atoms with Crippen LogP contribution in [0.5, 0.6) is 11.5 Å². The SMILES string of the molecule is C=C1CN(c2ccc3c(c2)OC(F)(F)C(F)(F)O3)C(=NC(=O)N2CC[C@@H](F)C2)S1. The average molecular weight is 435 g/mol. The van der Waals surface area contributed by atoms with E-state index in [0.29, 0.717) is 4.91 Å². The van der Waals surface area contributed by atoms with Crippen molar-refractivity contribution < 1.29 is 36.2 Å². The highest BCUT2D eigenvalue weighted by Gasteiger charge is 2.66. The third kappa shape index (κ3) is 3.61. The topological polar surface area (TPSA) is 54.4 Å². The summed E-state index contributed by atoms with van der Waals surface area (Å²) in [5, 5.41) is 0.205. The number of halogens is 5. The lowest BCUT2D eigenvalue weighted by Gasteiger charge is -2.32. The largest absolute Gasteiger partial charge is 0.507 e. The van der Waals surface area contributed by atoms with E-state index in [1.807, 2.05) is 0 Å². The predicted octanol–water partition coefficient (Wildman–Crippen LogP) is 4.23. The number of benzene rings is 1. The quantitative estimate of drug-likeness (QED) is 0.618. The molecule has 3 aliphatic heterocycles. The lowest BCUT2D eigenvalue weighted by molar-refractivity contribution is -0.391. The van der Waals surface area contributed by atoms with Gasteiger partial charge in [0.1, 0.15) is 6.17 Å². The summed E-state index contributed by atoms with van der Waals surface area (Å²) in [4.78, 5) is 19.7. The fourth-order valence-electron chi connectivity index (χ4n) is 3.01. The molecule has 3 aliphatic rings. The standard InChI is InChI=1S/C17H14F5N3O3S/c1-9-7-25(15(29-9)23-14(26)24-5-4-10(18)8-24)11-2-3-12-13(6-11)28-17(21,22)16(19,20)27-12/h2-3,6,10H,1,4-5,7-8H2/t10-/m1/s1. The monoisotopic (exact) mass is 435 g/mol. The van der Waals surface area contributed by atoms with E-state index in [-0.39, 0.29) is 36.9 Å². The van der Waals surface area contributed by atoms with E-state index in [4.69, 9.17) is 0 Å². The van der Waals surface area contributed by atoms with Crippen molar-refractivity contribution in [2.45, 2.75) is 24.8 Å². The lowest BCUT2D eigenvalue weighted by Crippen LogP contribution is -2.52. The maximum atomic E-state index is 13.5. The highest BCUT2D eigenvalue weighted by atomic mass is 32.2. The minimum absolute atomic E-state index is 0.0471. The average Bonchev–Trinajstić information content (AvgIpc) is 3.21. The van der Waals surface area contributed by atoms with Crippen molar-refractivity contribution in [1.29, 1.82) is 0 Å². The number of aliphatic imine (C=N–C) groups is 1. The molecular weight excluding hydrogens is 421 g/mol. The minimum Gasteiger partial charge on any atom is -0.421 e. The Kier molecular flexibility index (Phi) is 4.63. The molecule has 1 aromatic carbocycles. The number of urea groups is 1. The van der Waals surface area contributed by atoms with Gasteiger partial charge in [0.25, 0.3) is 0 Å². The zero-order valence-corrected chi connectivity index (χ0v) is 15.5. The van der Waals surface area contributed by atoms with Crippen LogP contribution in [0, 0.1) is 0 Å². The van der Waals surface area contributed by atoms with E-state index in [1.54, 1.807) is 0 Å². The first kappa shape index (κ1) is 19.8. The molecule has 1 atom stereocenters. The minimum atomic E-state index is -4.84. The number of ether oxygens (including phenoxy) is 2. The van der Waals surface area contributed by atoms with Gasteiger partial charge in [0, 0.05) is 23.2 Å². The van der Waals surface area contributed by atoms with Crippen molar-refractivity contribution in [3.63, 3.8) is 0 Å². The van der Waals surface area contributed by atoms with E-state index >= 15 is 0 Å². The molecule has 29 heavy (non-hydrogen) atoms. The molecule has 2 fully saturated rings. The molecule has 156 valence electrons. The molecule has 0 bridgehead atoms. The number of carbonyl (C=O) groups is 1. The lowest BCUT2D eigenvalue weighted by atomic mass is 10.2. The molecule has 2 amide bonds. The molecule has 0 spiro atoms. The molecule has 4 rings (SSSR count). The molecular formula is C17H14F5N3O3S. The summed E-state index contributed by atoms with van der Waals surface area (Å²) in [6.07, 6.45) is -10.5. The second-order valence-corrected chi connectivity index (χ2v) is 7.75. The van der Waals surface area contributed by atoms with Gasteiger partial charge in [-0.25, -0.2) is 9.18 Å². The number of nitrogens with zero attached hydrogens (tertiary/aromatic N) is 3. The number of hydrogen-bond donors (Lipinski definition) is 0. The maximum absolute atomic E-state index is 13.5.